The molecule has 0 aromatic carbocycles. The molecule has 3 aromatic heterocycles. The number of nitrogens with zero attached hydrogens (tertiary/aromatic N) is 5. The fourth-order valence-electron chi connectivity index (χ4n) is 3.65. The van der Waals surface area contributed by atoms with Gasteiger partial charge in [0.05, 0.1) is 5.56 Å². The van der Waals surface area contributed by atoms with Gasteiger partial charge in [0, 0.05) is 62.2 Å². The molecule has 1 unspecified atom stereocenters. The van der Waals surface area contributed by atoms with Gasteiger partial charge in [0.25, 0.3) is 5.91 Å². The maximum absolute atomic E-state index is 12.9. The Morgan fingerprint density at radius 3 is 2.78 bits per heavy atom. The van der Waals surface area contributed by atoms with Gasteiger partial charge in [0.2, 0.25) is 0 Å². The first-order valence-corrected chi connectivity index (χ1v) is 9.32. The Kier molecular flexibility index (Phi) is 4.96. The van der Waals surface area contributed by atoms with Crippen LogP contribution in [0.25, 0.3) is 0 Å². The topological polar surface area (TPSA) is 63.9 Å². The van der Waals surface area contributed by atoms with Crippen molar-refractivity contribution in [2.24, 2.45) is 0 Å². The second-order valence-electron chi connectivity index (χ2n) is 7.05. The monoisotopic (exact) mass is 361 g/mol. The summed E-state index contributed by atoms with van der Waals surface area (Å²) in [5.41, 5.74) is 2.77. The van der Waals surface area contributed by atoms with E-state index in [4.69, 9.17) is 0 Å². The van der Waals surface area contributed by atoms with Crippen LogP contribution in [0.4, 0.5) is 0 Å². The van der Waals surface area contributed by atoms with Gasteiger partial charge in [-0.05, 0) is 49.6 Å². The van der Waals surface area contributed by atoms with Gasteiger partial charge in [0.15, 0.2) is 0 Å². The van der Waals surface area contributed by atoms with Crippen molar-refractivity contribution in [2.45, 2.75) is 32.2 Å². The number of aryl methyl sites for hydroxylation is 1. The molecule has 0 N–H and O–H groups in total. The summed E-state index contributed by atoms with van der Waals surface area (Å²) in [4.78, 5) is 27.7. The van der Waals surface area contributed by atoms with E-state index in [9.17, 15) is 4.79 Å². The van der Waals surface area contributed by atoms with Crippen LogP contribution < -0.4 is 0 Å². The lowest BCUT2D eigenvalue weighted by Gasteiger charge is -2.32. The Morgan fingerprint density at radius 1 is 1.15 bits per heavy atom. The van der Waals surface area contributed by atoms with Crippen molar-refractivity contribution in [3.8, 4) is 0 Å². The fourth-order valence-corrected chi connectivity index (χ4v) is 3.65. The van der Waals surface area contributed by atoms with Crippen LogP contribution in [0.15, 0.2) is 55.2 Å². The zero-order chi connectivity index (χ0) is 18.6. The summed E-state index contributed by atoms with van der Waals surface area (Å²) in [6, 6.07) is 7.78. The highest BCUT2D eigenvalue weighted by atomic mass is 16.2. The minimum atomic E-state index is 0.0550. The number of carbonyl (C=O) groups is 1. The second kappa shape index (κ2) is 7.70. The molecule has 3 aromatic rings. The first-order chi connectivity index (χ1) is 13.2. The quantitative estimate of drug-likeness (QED) is 0.716. The number of amides is 1. The van der Waals surface area contributed by atoms with Crippen LogP contribution in [0.2, 0.25) is 0 Å². The molecule has 0 radical (unpaired) electrons. The second-order valence-corrected chi connectivity index (χ2v) is 7.05. The van der Waals surface area contributed by atoms with Crippen LogP contribution in [-0.4, -0.2) is 43.4 Å². The van der Waals surface area contributed by atoms with Crippen molar-refractivity contribution >= 4 is 5.91 Å². The number of carbonyl (C=O) groups excluding carboxylic acids is 1. The third-order valence-electron chi connectivity index (χ3n) is 5.08. The molecule has 1 atom stereocenters. The van der Waals surface area contributed by atoms with Crippen LogP contribution in [0, 0.1) is 6.92 Å². The third-order valence-corrected chi connectivity index (χ3v) is 5.08. The number of piperidine rings is 1. The molecule has 138 valence electrons. The van der Waals surface area contributed by atoms with E-state index < -0.39 is 0 Å². The van der Waals surface area contributed by atoms with Crippen LogP contribution in [0.5, 0.6) is 0 Å². The van der Waals surface area contributed by atoms with Gasteiger partial charge in [-0.15, -0.1) is 0 Å². The number of rotatable bonds is 4. The average molecular weight is 361 g/mol. The van der Waals surface area contributed by atoms with Crippen molar-refractivity contribution in [2.75, 3.05) is 13.1 Å². The number of aromatic nitrogens is 4. The molecule has 0 spiro atoms. The van der Waals surface area contributed by atoms with Gasteiger partial charge in [-0.1, -0.05) is 0 Å². The Morgan fingerprint density at radius 2 is 2.00 bits per heavy atom. The summed E-state index contributed by atoms with van der Waals surface area (Å²) >= 11 is 0. The largest absolute Gasteiger partial charge is 0.338 e. The molecular formula is C21H23N5O. The normalized spacial score (nSPS) is 17.1. The number of likely N-dealkylation sites (tertiary alicyclic amines) is 1. The molecule has 4 heterocycles. The van der Waals surface area contributed by atoms with Crippen molar-refractivity contribution in [3.63, 3.8) is 0 Å². The van der Waals surface area contributed by atoms with Crippen LogP contribution in [0.1, 0.15) is 46.2 Å². The van der Waals surface area contributed by atoms with E-state index in [1.807, 2.05) is 60.9 Å². The number of hydrogen-bond acceptors (Lipinski definition) is 4. The Balaban J connectivity index is 1.50. The summed E-state index contributed by atoms with van der Waals surface area (Å²) in [5.74, 6) is 1.35. The van der Waals surface area contributed by atoms with E-state index in [1.54, 1.807) is 6.20 Å². The molecular weight excluding hydrogens is 338 g/mol. The highest BCUT2D eigenvalue weighted by Crippen LogP contribution is 2.27. The number of imidazole rings is 1. The zero-order valence-corrected chi connectivity index (χ0v) is 15.5. The van der Waals surface area contributed by atoms with Gasteiger partial charge >= 0.3 is 0 Å². The van der Waals surface area contributed by atoms with Crippen LogP contribution in [-0.2, 0) is 6.54 Å². The molecule has 1 aliphatic heterocycles. The molecule has 0 aliphatic carbocycles. The predicted octanol–water partition coefficient (Wildman–Crippen LogP) is 3.05. The first kappa shape index (κ1) is 17.4. The molecule has 1 amide bonds. The lowest BCUT2D eigenvalue weighted by Crippen LogP contribution is -2.39. The summed E-state index contributed by atoms with van der Waals surface area (Å²) in [5, 5.41) is 0. The molecule has 1 saturated heterocycles. The number of pyridine rings is 2. The summed E-state index contributed by atoms with van der Waals surface area (Å²) in [6.45, 7) is 4.17. The Bertz CT molecular complexity index is 904. The maximum atomic E-state index is 12.9. The number of hydrogen-bond donors (Lipinski definition) is 0. The van der Waals surface area contributed by atoms with E-state index in [-0.39, 0.29) is 11.8 Å². The van der Waals surface area contributed by atoms with E-state index in [0.717, 1.165) is 37.4 Å². The molecule has 1 fully saturated rings. The highest BCUT2D eigenvalue weighted by Gasteiger charge is 2.28. The molecule has 0 bridgehead atoms. The van der Waals surface area contributed by atoms with Crippen molar-refractivity contribution in [1.82, 2.24) is 24.4 Å². The van der Waals surface area contributed by atoms with E-state index >= 15 is 0 Å². The highest BCUT2D eigenvalue weighted by molar-refractivity contribution is 5.94. The van der Waals surface area contributed by atoms with E-state index in [0.29, 0.717) is 12.1 Å². The molecule has 6 nitrogen and oxygen atoms in total. The summed E-state index contributed by atoms with van der Waals surface area (Å²) < 4.78 is 2.18. The van der Waals surface area contributed by atoms with Crippen LogP contribution in [0.3, 0.4) is 0 Å². The summed E-state index contributed by atoms with van der Waals surface area (Å²) in [7, 11) is 0. The molecule has 6 heteroatoms. The van der Waals surface area contributed by atoms with Crippen molar-refractivity contribution < 1.29 is 4.79 Å². The fraction of sp³-hybridized carbons (Fsp3) is 0.333. The third kappa shape index (κ3) is 3.89. The lowest BCUT2D eigenvalue weighted by molar-refractivity contribution is 0.0703. The van der Waals surface area contributed by atoms with Gasteiger partial charge in [-0.25, -0.2) is 4.98 Å². The molecule has 4 rings (SSSR count). The van der Waals surface area contributed by atoms with Crippen LogP contribution >= 0.6 is 0 Å². The van der Waals surface area contributed by atoms with Gasteiger partial charge in [-0.3, -0.25) is 14.8 Å². The Hall–Kier alpha value is -3.02. The smallest absolute Gasteiger partial charge is 0.255 e. The van der Waals surface area contributed by atoms with Crippen molar-refractivity contribution in [3.05, 3.63) is 77.9 Å². The zero-order valence-electron chi connectivity index (χ0n) is 15.5. The SMILES string of the molecule is Cc1ccc(C(=O)N2CCCC(c3nccn3Cc3ccncc3)C2)cn1. The molecule has 0 saturated carbocycles. The van der Waals surface area contributed by atoms with Gasteiger partial charge in [-0.2, -0.15) is 0 Å². The minimum Gasteiger partial charge on any atom is -0.338 e. The van der Waals surface area contributed by atoms with Crippen molar-refractivity contribution in [1.29, 1.82) is 0 Å². The predicted molar refractivity (Wildman–Crippen MR) is 102 cm³/mol. The minimum absolute atomic E-state index is 0.0550. The molecule has 1 aliphatic rings. The lowest BCUT2D eigenvalue weighted by atomic mass is 9.96. The average Bonchev–Trinajstić information content (AvgIpc) is 3.17. The summed E-state index contributed by atoms with van der Waals surface area (Å²) in [6.07, 6.45) is 11.2. The first-order valence-electron chi connectivity index (χ1n) is 9.32. The Labute approximate surface area is 158 Å². The molecule has 27 heavy (non-hydrogen) atoms. The maximum Gasteiger partial charge on any atom is 0.255 e. The standard InChI is InChI=1S/C21H23N5O/c1-16-4-5-18(13-24-16)21(27)26-11-2-3-19(15-26)20-23-10-12-25(20)14-17-6-8-22-9-7-17/h4-10,12-13,19H,2-3,11,14-15H2,1H3. The van der Waals surface area contributed by atoms with E-state index in [2.05, 4.69) is 19.5 Å². The van der Waals surface area contributed by atoms with Gasteiger partial charge < -0.3 is 9.47 Å². The van der Waals surface area contributed by atoms with E-state index in [1.165, 1.54) is 5.56 Å². The van der Waals surface area contributed by atoms with Gasteiger partial charge in [0.1, 0.15) is 5.82 Å².